The molecule has 9 aromatic carbocycles. The van der Waals surface area contributed by atoms with E-state index >= 15 is 0 Å². The first-order valence-electron chi connectivity index (χ1n) is 18.7. The second kappa shape index (κ2) is 12.6. The van der Waals surface area contributed by atoms with Gasteiger partial charge in [0.15, 0.2) is 5.58 Å². The van der Waals surface area contributed by atoms with Crippen molar-refractivity contribution in [1.29, 1.82) is 0 Å². The Morgan fingerprint density at radius 2 is 0.909 bits per heavy atom. The lowest BCUT2D eigenvalue weighted by Gasteiger charge is -2.25. The Balaban J connectivity index is 1.12. The highest BCUT2D eigenvalue weighted by atomic mass is 16.3. The van der Waals surface area contributed by atoms with Crippen molar-refractivity contribution in [3.63, 3.8) is 0 Å². The van der Waals surface area contributed by atoms with E-state index in [1.807, 2.05) is 6.07 Å². The topological polar surface area (TPSA) is 29.5 Å². The normalized spacial score (nSPS) is 11.6. The van der Waals surface area contributed by atoms with Crippen LogP contribution in [0.25, 0.3) is 88.0 Å². The van der Waals surface area contributed by atoms with Crippen molar-refractivity contribution in [2.75, 3.05) is 4.90 Å². The number of para-hydroxylation sites is 2. The van der Waals surface area contributed by atoms with Gasteiger partial charge in [-0.25, -0.2) is 0 Å². The lowest BCUT2D eigenvalue weighted by Crippen LogP contribution is -2.10. The van der Waals surface area contributed by atoms with Crippen LogP contribution < -0.4 is 4.90 Å². The van der Waals surface area contributed by atoms with Crippen LogP contribution >= 0.6 is 0 Å². The molecule has 258 valence electrons. The highest BCUT2D eigenvalue weighted by Crippen LogP contribution is 2.46. The fourth-order valence-electron chi connectivity index (χ4n) is 8.33. The van der Waals surface area contributed by atoms with E-state index in [0.29, 0.717) is 0 Å². The van der Waals surface area contributed by atoms with Gasteiger partial charge in [-0.2, -0.15) is 0 Å². The van der Waals surface area contributed by atoms with Gasteiger partial charge in [-0.05, 0) is 75.0 Å². The molecule has 0 radical (unpaired) electrons. The Bertz CT molecular complexity index is 3190. The van der Waals surface area contributed by atoms with Crippen LogP contribution in [0.3, 0.4) is 0 Å². The second-order valence-corrected chi connectivity index (χ2v) is 14.0. The summed E-state index contributed by atoms with van der Waals surface area (Å²) in [5.41, 5.74) is 13.2. The minimum atomic E-state index is 0.829. The van der Waals surface area contributed by atoms with E-state index in [-0.39, 0.29) is 0 Å². The molecule has 0 spiro atoms. The highest BCUT2D eigenvalue weighted by Gasteiger charge is 2.22. The molecule has 0 aliphatic rings. The summed E-state index contributed by atoms with van der Waals surface area (Å²) in [6.45, 7) is 0. The molecule has 0 amide bonds. The first-order chi connectivity index (χ1) is 27.3. The van der Waals surface area contributed by atoms with E-state index in [9.17, 15) is 0 Å². The summed E-state index contributed by atoms with van der Waals surface area (Å²) in [4.78, 5) is 2.30. The third-order valence-corrected chi connectivity index (χ3v) is 10.9. The molecule has 3 heteroatoms. The summed E-state index contributed by atoms with van der Waals surface area (Å²) in [5, 5.41) is 6.83. The minimum absolute atomic E-state index is 0.829. The van der Waals surface area contributed by atoms with Gasteiger partial charge in [0.1, 0.15) is 16.7 Å². The summed E-state index contributed by atoms with van der Waals surface area (Å²) < 4.78 is 13.6. The Morgan fingerprint density at radius 1 is 0.327 bits per heavy atom. The largest absolute Gasteiger partial charge is 0.455 e. The molecule has 0 unspecified atom stereocenters. The summed E-state index contributed by atoms with van der Waals surface area (Å²) in [7, 11) is 0. The maximum atomic E-state index is 6.85. The quantitative estimate of drug-likeness (QED) is 0.173. The van der Waals surface area contributed by atoms with Crippen molar-refractivity contribution in [2.45, 2.75) is 0 Å². The van der Waals surface area contributed by atoms with Crippen molar-refractivity contribution < 1.29 is 8.83 Å². The van der Waals surface area contributed by atoms with Crippen LogP contribution in [0, 0.1) is 0 Å². The zero-order valence-electron chi connectivity index (χ0n) is 29.8. The fourth-order valence-corrected chi connectivity index (χ4v) is 8.33. The van der Waals surface area contributed by atoms with Gasteiger partial charge in [0.25, 0.3) is 0 Å². The predicted octanol–water partition coefficient (Wildman–Crippen LogP) is 15.1. The third kappa shape index (κ3) is 5.13. The van der Waals surface area contributed by atoms with E-state index in [1.165, 1.54) is 16.3 Å². The fraction of sp³-hybridized carbons (Fsp3) is 0. The number of hydrogen-bond donors (Lipinski definition) is 0. The molecule has 11 rings (SSSR count). The SMILES string of the molecule is c1ccc(-c2cccc3c2oc2cc(N(c4ccc(-c5cccc6ccccc56)cc4)c4cccc5c4oc4cccc(-c6ccccc6)c45)ccc23)cc1. The van der Waals surface area contributed by atoms with Gasteiger partial charge >= 0.3 is 0 Å². The van der Waals surface area contributed by atoms with Crippen LogP contribution in [-0.2, 0) is 0 Å². The number of rotatable bonds is 6. The molecular weight excluding hydrogens is 671 g/mol. The maximum absolute atomic E-state index is 6.85. The number of hydrogen-bond acceptors (Lipinski definition) is 3. The smallest absolute Gasteiger partial charge is 0.159 e. The van der Waals surface area contributed by atoms with E-state index in [2.05, 4.69) is 199 Å². The number of benzene rings is 9. The molecule has 0 bridgehead atoms. The van der Waals surface area contributed by atoms with Gasteiger partial charge in [-0.1, -0.05) is 158 Å². The Morgan fingerprint density at radius 3 is 1.75 bits per heavy atom. The van der Waals surface area contributed by atoms with Crippen molar-refractivity contribution in [2.24, 2.45) is 0 Å². The Labute approximate surface area is 317 Å². The van der Waals surface area contributed by atoms with Crippen LogP contribution in [0.15, 0.2) is 209 Å². The number of anilines is 3. The zero-order valence-corrected chi connectivity index (χ0v) is 29.8. The van der Waals surface area contributed by atoms with Gasteiger partial charge in [0, 0.05) is 38.9 Å². The molecule has 55 heavy (non-hydrogen) atoms. The van der Waals surface area contributed by atoms with Crippen molar-refractivity contribution in [3.8, 4) is 33.4 Å². The Hall–Kier alpha value is -7.36. The first kappa shape index (κ1) is 31.2. The van der Waals surface area contributed by atoms with Crippen LogP contribution in [0.4, 0.5) is 17.1 Å². The summed E-state index contributed by atoms with van der Waals surface area (Å²) in [6.07, 6.45) is 0. The predicted molar refractivity (Wildman–Crippen MR) is 229 cm³/mol. The first-order valence-corrected chi connectivity index (χ1v) is 18.7. The molecule has 2 aromatic heterocycles. The molecule has 0 fully saturated rings. The average Bonchev–Trinajstić information content (AvgIpc) is 3.83. The van der Waals surface area contributed by atoms with Crippen LogP contribution in [-0.4, -0.2) is 0 Å². The molecule has 0 aliphatic carbocycles. The van der Waals surface area contributed by atoms with Crippen molar-refractivity contribution in [1.82, 2.24) is 0 Å². The van der Waals surface area contributed by atoms with Gasteiger partial charge in [-0.15, -0.1) is 0 Å². The van der Waals surface area contributed by atoms with Gasteiger partial charge in [0.05, 0.1) is 11.4 Å². The van der Waals surface area contributed by atoms with E-state index in [1.54, 1.807) is 0 Å². The molecule has 0 atom stereocenters. The average molecular weight is 704 g/mol. The molecule has 11 aromatic rings. The van der Waals surface area contributed by atoms with Gasteiger partial charge in [0.2, 0.25) is 0 Å². The summed E-state index contributed by atoms with van der Waals surface area (Å²) >= 11 is 0. The van der Waals surface area contributed by atoms with E-state index < -0.39 is 0 Å². The zero-order chi connectivity index (χ0) is 36.3. The molecule has 0 aliphatic heterocycles. The molecule has 0 saturated carbocycles. The van der Waals surface area contributed by atoms with Crippen molar-refractivity contribution >= 4 is 71.7 Å². The third-order valence-electron chi connectivity index (χ3n) is 10.9. The molecular formula is C52H33NO2. The van der Waals surface area contributed by atoms with Gasteiger partial charge < -0.3 is 13.7 Å². The monoisotopic (exact) mass is 703 g/mol. The van der Waals surface area contributed by atoms with E-state index in [4.69, 9.17) is 8.83 Å². The van der Waals surface area contributed by atoms with Crippen LogP contribution in [0.1, 0.15) is 0 Å². The molecule has 0 saturated heterocycles. The minimum Gasteiger partial charge on any atom is -0.455 e. The summed E-state index contributed by atoms with van der Waals surface area (Å²) in [5.74, 6) is 0. The second-order valence-electron chi connectivity index (χ2n) is 14.0. The number of furan rings is 2. The standard InChI is InChI=1S/C52H33NO2/c1-3-13-35(14-4-1)42-21-12-26-48-50(42)46-24-11-25-47(52(46)54-48)53(38-29-27-37(28-30-38)41-20-9-18-34-17-7-8-19-40(34)41)39-31-32-44-45-23-10-22-43(36-15-5-2-6-16-36)51(45)55-49(44)33-39/h1-33H. The Kier molecular flexibility index (Phi) is 7.17. The van der Waals surface area contributed by atoms with Gasteiger partial charge in [-0.3, -0.25) is 0 Å². The van der Waals surface area contributed by atoms with E-state index in [0.717, 1.165) is 88.8 Å². The molecule has 3 nitrogen and oxygen atoms in total. The number of nitrogens with zero attached hydrogens (tertiary/aromatic N) is 1. The maximum Gasteiger partial charge on any atom is 0.159 e. The van der Waals surface area contributed by atoms with Crippen molar-refractivity contribution in [3.05, 3.63) is 200 Å². The van der Waals surface area contributed by atoms with Crippen LogP contribution in [0.2, 0.25) is 0 Å². The summed E-state index contributed by atoms with van der Waals surface area (Å²) in [6, 6.07) is 70.7. The highest BCUT2D eigenvalue weighted by molar-refractivity contribution is 6.16. The lowest BCUT2D eigenvalue weighted by molar-refractivity contribution is 0.668. The van der Waals surface area contributed by atoms with Crippen LogP contribution in [0.5, 0.6) is 0 Å². The molecule has 2 heterocycles. The molecule has 0 N–H and O–H groups in total. The lowest BCUT2D eigenvalue weighted by atomic mass is 9.98. The number of fused-ring (bicyclic) bond motifs is 7.